The van der Waals surface area contributed by atoms with Gasteiger partial charge in [0, 0.05) is 11.7 Å². The Morgan fingerprint density at radius 3 is 2.93 bits per heavy atom. The standard InChI is InChI=1S/C18H20N6O2S/c1-10-8-9-13-6-4-5-7-14(13)23(10)16(26)12(3)27-18-21-20-17-19-15(25)11(2)22-24(17)18/h4-7,10,12H,8-9H2,1-3H3,(H,19,20,25). The van der Waals surface area contributed by atoms with Crippen molar-refractivity contribution < 1.29 is 4.79 Å². The van der Waals surface area contributed by atoms with E-state index in [0.29, 0.717) is 10.9 Å². The number of rotatable bonds is 3. The molecule has 1 aromatic carbocycles. The second-order valence-electron chi connectivity index (χ2n) is 6.74. The van der Waals surface area contributed by atoms with Crippen LogP contribution in [-0.2, 0) is 11.2 Å². The second-order valence-corrected chi connectivity index (χ2v) is 8.05. The molecule has 140 valence electrons. The number of amides is 1. The van der Waals surface area contributed by atoms with Crippen LogP contribution in [0.25, 0.3) is 5.78 Å². The number of carbonyl (C=O) groups excluding carboxylic acids is 1. The fourth-order valence-electron chi connectivity index (χ4n) is 3.32. The van der Waals surface area contributed by atoms with E-state index in [4.69, 9.17) is 0 Å². The average molecular weight is 384 g/mol. The number of nitrogens with one attached hydrogen (secondary N) is 1. The van der Waals surface area contributed by atoms with Gasteiger partial charge in [0.05, 0.1) is 5.25 Å². The molecule has 1 aliphatic rings. The minimum absolute atomic E-state index is 0.0255. The van der Waals surface area contributed by atoms with Crippen molar-refractivity contribution in [2.24, 2.45) is 0 Å². The molecule has 2 atom stereocenters. The summed E-state index contributed by atoms with van der Waals surface area (Å²) < 4.78 is 1.47. The van der Waals surface area contributed by atoms with Crippen molar-refractivity contribution in [2.45, 2.75) is 50.1 Å². The summed E-state index contributed by atoms with van der Waals surface area (Å²) >= 11 is 1.29. The van der Waals surface area contributed by atoms with E-state index in [0.717, 1.165) is 18.5 Å². The Hall–Kier alpha value is -2.68. The molecule has 0 saturated carbocycles. The van der Waals surface area contributed by atoms with Crippen LogP contribution in [0, 0.1) is 6.92 Å². The van der Waals surface area contributed by atoms with Crippen LogP contribution in [0.5, 0.6) is 0 Å². The number of aryl methyl sites for hydroxylation is 2. The zero-order chi connectivity index (χ0) is 19.1. The molecule has 8 nitrogen and oxygen atoms in total. The predicted octanol–water partition coefficient (Wildman–Crippen LogP) is 1.97. The van der Waals surface area contributed by atoms with E-state index < -0.39 is 0 Å². The monoisotopic (exact) mass is 384 g/mol. The quantitative estimate of drug-likeness (QED) is 0.694. The Labute approximate surface area is 160 Å². The first-order chi connectivity index (χ1) is 13.0. The van der Waals surface area contributed by atoms with Gasteiger partial charge in [-0.1, -0.05) is 30.0 Å². The van der Waals surface area contributed by atoms with E-state index in [1.165, 1.54) is 21.8 Å². The number of benzene rings is 1. The lowest BCUT2D eigenvalue weighted by Gasteiger charge is -2.36. The van der Waals surface area contributed by atoms with E-state index >= 15 is 0 Å². The van der Waals surface area contributed by atoms with Crippen molar-refractivity contribution in [3.05, 3.63) is 45.9 Å². The normalized spacial score (nSPS) is 17.7. The zero-order valence-electron chi connectivity index (χ0n) is 15.3. The Morgan fingerprint density at radius 1 is 1.33 bits per heavy atom. The summed E-state index contributed by atoms with van der Waals surface area (Å²) in [5.41, 5.74) is 2.21. The van der Waals surface area contributed by atoms with Crippen molar-refractivity contribution in [3.8, 4) is 0 Å². The molecule has 0 saturated heterocycles. The number of fused-ring (bicyclic) bond motifs is 2. The molecule has 9 heteroatoms. The van der Waals surface area contributed by atoms with E-state index in [9.17, 15) is 9.59 Å². The molecular formula is C18H20N6O2S. The Balaban J connectivity index is 1.62. The maximum Gasteiger partial charge on any atom is 0.273 e. The highest BCUT2D eigenvalue weighted by atomic mass is 32.2. The van der Waals surface area contributed by atoms with Crippen LogP contribution in [0.1, 0.15) is 31.5 Å². The molecule has 0 aliphatic carbocycles. The van der Waals surface area contributed by atoms with Crippen LogP contribution in [0.3, 0.4) is 0 Å². The molecule has 1 amide bonds. The topological polar surface area (TPSA) is 96.2 Å². The molecule has 4 rings (SSSR count). The van der Waals surface area contributed by atoms with Crippen LogP contribution in [0.2, 0.25) is 0 Å². The smallest absolute Gasteiger partial charge is 0.273 e. The van der Waals surface area contributed by atoms with E-state index in [1.807, 2.05) is 30.0 Å². The van der Waals surface area contributed by atoms with Gasteiger partial charge in [0.1, 0.15) is 5.69 Å². The lowest BCUT2D eigenvalue weighted by Crippen LogP contribution is -2.45. The van der Waals surface area contributed by atoms with Gasteiger partial charge in [-0.3, -0.25) is 14.6 Å². The van der Waals surface area contributed by atoms with Crippen LogP contribution in [0.4, 0.5) is 5.69 Å². The van der Waals surface area contributed by atoms with Gasteiger partial charge < -0.3 is 4.90 Å². The van der Waals surface area contributed by atoms with E-state index in [-0.39, 0.29) is 28.5 Å². The summed E-state index contributed by atoms with van der Waals surface area (Å²) in [4.78, 5) is 29.4. The molecular weight excluding hydrogens is 364 g/mol. The largest absolute Gasteiger partial charge is 0.308 e. The van der Waals surface area contributed by atoms with Gasteiger partial charge in [0.25, 0.3) is 11.3 Å². The van der Waals surface area contributed by atoms with Crippen molar-refractivity contribution in [3.63, 3.8) is 0 Å². The number of hydrogen-bond acceptors (Lipinski definition) is 6. The SMILES string of the molecule is Cc1nn2c(SC(C)C(=O)N3c4ccccc4CCC3C)nnc2[nH]c1=O. The highest BCUT2D eigenvalue weighted by Gasteiger charge is 2.32. The third kappa shape index (κ3) is 3.12. The van der Waals surface area contributed by atoms with Gasteiger partial charge in [-0.25, -0.2) is 0 Å². The summed E-state index contributed by atoms with van der Waals surface area (Å²) in [6, 6.07) is 8.19. The van der Waals surface area contributed by atoms with E-state index in [2.05, 4.69) is 33.3 Å². The minimum atomic E-state index is -0.375. The zero-order valence-corrected chi connectivity index (χ0v) is 16.2. The van der Waals surface area contributed by atoms with Crippen LogP contribution in [0.15, 0.2) is 34.2 Å². The molecule has 2 unspecified atom stereocenters. The van der Waals surface area contributed by atoms with Crippen LogP contribution in [-0.4, -0.2) is 42.0 Å². The van der Waals surface area contributed by atoms with Crippen molar-refractivity contribution >= 4 is 29.1 Å². The summed E-state index contributed by atoms with van der Waals surface area (Å²) in [7, 11) is 0. The van der Waals surface area contributed by atoms with Gasteiger partial charge in [-0.05, 0) is 45.2 Å². The Bertz CT molecular complexity index is 1080. The number of thioether (sulfide) groups is 1. The first-order valence-corrected chi connectivity index (χ1v) is 9.73. The number of nitrogens with zero attached hydrogens (tertiary/aromatic N) is 5. The molecule has 3 heterocycles. The fourth-order valence-corrected chi connectivity index (χ4v) is 4.17. The molecule has 3 aromatic rings. The first kappa shape index (κ1) is 17.7. The Kier molecular flexibility index (Phi) is 4.47. The number of anilines is 1. The summed E-state index contributed by atoms with van der Waals surface area (Å²) in [6.45, 7) is 5.55. The van der Waals surface area contributed by atoms with Crippen LogP contribution < -0.4 is 10.5 Å². The second kappa shape index (κ2) is 6.80. The molecule has 1 N–H and O–H groups in total. The third-order valence-corrected chi connectivity index (χ3v) is 5.83. The number of H-pyrrole nitrogens is 1. The lowest BCUT2D eigenvalue weighted by atomic mass is 9.96. The first-order valence-electron chi connectivity index (χ1n) is 8.85. The highest BCUT2D eigenvalue weighted by molar-refractivity contribution is 8.00. The molecule has 0 spiro atoms. The maximum absolute atomic E-state index is 13.2. The highest BCUT2D eigenvalue weighted by Crippen LogP contribution is 2.33. The number of carbonyl (C=O) groups is 1. The van der Waals surface area contributed by atoms with Gasteiger partial charge >= 0.3 is 0 Å². The predicted molar refractivity (Wildman–Crippen MR) is 103 cm³/mol. The number of aromatic amines is 1. The fraction of sp³-hybridized carbons (Fsp3) is 0.389. The summed E-state index contributed by atoms with van der Waals surface area (Å²) in [5, 5.41) is 12.3. The van der Waals surface area contributed by atoms with Gasteiger partial charge in [0.15, 0.2) is 0 Å². The molecule has 0 fully saturated rings. The van der Waals surface area contributed by atoms with Gasteiger partial charge in [-0.15, -0.1) is 10.2 Å². The van der Waals surface area contributed by atoms with Crippen molar-refractivity contribution in [1.82, 2.24) is 24.8 Å². The molecule has 2 aromatic heterocycles. The van der Waals surface area contributed by atoms with Gasteiger partial charge in [-0.2, -0.15) is 9.61 Å². The lowest BCUT2D eigenvalue weighted by molar-refractivity contribution is -0.118. The number of aromatic nitrogens is 5. The summed E-state index contributed by atoms with van der Waals surface area (Å²) in [6.07, 6.45) is 1.92. The Morgan fingerprint density at radius 2 is 2.11 bits per heavy atom. The minimum Gasteiger partial charge on any atom is -0.308 e. The molecule has 1 aliphatic heterocycles. The number of hydrogen-bond donors (Lipinski definition) is 1. The molecule has 0 bridgehead atoms. The van der Waals surface area contributed by atoms with Gasteiger partial charge in [0.2, 0.25) is 11.1 Å². The van der Waals surface area contributed by atoms with Crippen molar-refractivity contribution in [2.75, 3.05) is 4.90 Å². The molecule has 0 radical (unpaired) electrons. The average Bonchev–Trinajstić information content (AvgIpc) is 3.03. The third-order valence-electron chi connectivity index (χ3n) is 4.81. The van der Waals surface area contributed by atoms with Crippen molar-refractivity contribution in [1.29, 1.82) is 0 Å². The maximum atomic E-state index is 13.2. The molecule has 27 heavy (non-hydrogen) atoms. The van der Waals surface area contributed by atoms with E-state index in [1.54, 1.807) is 6.92 Å². The number of para-hydroxylation sites is 1. The summed E-state index contributed by atoms with van der Waals surface area (Å²) in [5.74, 6) is 0.294. The van der Waals surface area contributed by atoms with Crippen LogP contribution >= 0.6 is 11.8 Å².